The number of benzene rings is 2. The lowest BCUT2D eigenvalue weighted by Gasteiger charge is -2.28. The van der Waals surface area contributed by atoms with E-state index in [4.69, 9.17) is 4.42 Å². The number of nitrogens with one attached hydrogen (secondary N) is 1. The molecule has 0 atom stereocenters. The molecule has 1 aliphatic rings. The number of hydrogen-bond acceptors (Lipinski definition) is 4. The van der Waals surface area contributed by atoms with Crippen LogP contribution >= 0.6 is 0 Å². The van der Waals surface area contributed by atoms with Crippen molar-refractivity contribution in [3.63, 3.8) is 0 Å². The van der Waals surface area contributed by atoms with Crippen LogP contribution in [-0.2, 0) is 27.8 Å². The Hall–Kier alpha value is -3.16. The van der Waals surface area contributed by atoms with Crippen molar-refractivity contribution in [1.82, 2.24) is 4.31 Å². The molecule has 2 aromatic carbocycles. The van der Waals surface area contributed by atoms with Crippen LogP contribution in [0.4, 0.5) is 5.69 Å². The van der Waals surface area contributed by atoms with E-state index in [1.165, 1.54) is 16.6 Å². The zero-order valence-electron chi connectivity index (χ0n) is 15.6. The summed E-state index contributed by atoms with van der Waals surface area (Å²) < 4.78 is 32.4. The Labute approximate surface area is 169 Å². The molecule has 1 amide bonds. The number of sulfonamides is 1. The molecule has 0 unspecified atom stereocenters. The SMILES string of the molecule is O=C(C=Cc1ccco1)Nc1ccc2c(c1)CN(S(=O)(=O)c1ccccc1)CC2. The van der Waals surface area contributed by atoms with Crippen LogP contribution in [0, 0.1) is 0 Å². The molecule has 29 heavy (non-hydrogen) atoms. The van der Waals surface area contributed by atoms with Crippen LogP contribution in [0.5, 0.6) is 0 Å². The molecule has 0 radical (unpaired) electrons. The molecule has 0 saturated carbocycles. The number of amides is 1. The van der Waals surface area contributed by atoms with Gasteiger partial charge in [-0.3, -0.25) is 4.79 Å². The van der Waals surface area contributed by atoms with E-state index in [0.717, 1.165) is 11.1 Å². The van der Waals surface area contributed by atoms with E-state index >= 15 is 0 Å². The van der Waals surface area contributed by atoms with Crippen LogP contribution in [0.1, 0.15) is 16.9 Å². The van der Waals surface area contributed by atoms with Gasteiger partial charge in [-0.2, -0.15) is 4.31 Å². The lowest BCUT2D eigenvalue weighted by atomic mass is 10.0. The number of furan rings is 1. The summed E-state index contributed by atoms with van der Waals surface area (Å²) in [6.45, 7) is 0.709. The molecule has 2 heterocycles. The maximum atomic E-state index is 12.9. The summed E-state index contributed by atoms with van der Waals surface area (Å²) >= 11 is 0. The van der Waals surface area contributed by atoms with Crippen molar-refractivity contribution in [3.8, 4) is 0 Å². The molecule has 1 aromatic heterocycles. The number of carbonyl (C=O) groups excluding carboxylic acids is 1. The first kappa shape index (κ1) is 19.2. The highest BCUT2D eigenvalue weighted by Crippen LogP contribution is 2.27. The molecule has 0 aliphatic carbocycles. The van der Waals surface area contributed by atoms with Crippen LogP contribution in [0.15, 0.2) is 82.3 Å². The van der Waals surface area contributed by atoms with Gasteiger partial charge in [-0.25, -0.2) is 8.42 Å². The highest BCUT2D eigenvalue weighted by atomic mass is 32.2. The smallest absolute Gasteiger partial charge is 0.248 e. The second-order valence-electron chi connectivity index (χ2n) is 6.72. The summed E-state index contributed by atoms with van der Waals surface area (Å²) in [4.78, 5) is 12.4. The fraction of sp³-hybridized carbons (Fsp3) is 0.136. The van der Waals surface area contributed by atoms with E-state index in [2.05, 4.69) is 5.32 Å². The monoisotopic (exact) mass is 408 g/mol. The molecule has 0 bridgehead atoms. The standard InChI is InChI=1S/C22H20N2O4S/c25-22(11-10-20-5-4-14-28-20)23-19-9-8-17-12-13-24(16-18(17)15-19)29(26,27)21-6-2-1-3-7-21/h1-11,14-15H,12-13,16H2,(H,23,25). The van der Waals surface area contributed by atoms with Gasteiger partial charge in [0, 0.05) is 24.9 Å². The fourth-order valence-corrected chi connectivity index (χ4v) is 4.72. The summed E-state index contributed by atoms with van der Waals surface area (Å²) in [6, 6.07) is 17.5. The average Bonchev–Trinajstić information content (AvgIpc) is 3.26. The van der Waals surface area contributed by atoms with E-state index in [1.54, 1.807) is 48.5 Å². The van der Waals surface area contributed by atoms with Crippen LogP contribution in [0.2, 0.25) is 0 Å². The summed E-state index contributed by atoms with van der Waals surface area (Å²) in [6.07, 6.45) is 5.15. The van der Waals surface area contributed by atoms with Crippen molar-refractivity contribution in [3.05, 3.63) is 89.9 Å². The normalized spacial score (nSPS) is 14.6. The molecule has 0 fully saturated rings. The van der Waals surface area contributed by atoms with Gasteiger partial charge in [-0.05, 0) is 60.0 Å². The van der Waals surface area contributed by atoms with E-state index in [0.29, 0.717) is 24.4 Å². The van der Waals surface area contributed by atoms with Gasteiger partial charge in [0.25, 0.3) is 0 Å². The molecule has 148 valence electrons. The first-order chi connectivity index (χ1) is 14.0. The minimum atomic E-state index is -3.55. The minimum Gasteiger partial charge on any atom is -0.465 e. The lowest BCUT2D eigenvalue weighted by Crippen LogP contribution is -2.36. The minimum absolute atomic E-state index is 0.276. The molecule has 1 aliphatic heterocycles. The zero-order valence-corrected chi connectivity index (χ0v) is 16.4. The van der Waals surface area contributed by atoms with Crippen LogP contribution in [0.3, 0.4) is 0 Å². The summed E-state index contributed by atoms with van der Waals surface area (Å²) in [5.41, 5.74) is 2.61. The number of hydrogen-bond donors (Lipinski definition) is 1. The third-order valence-corrected chi connectivity index (χ3v) is 6.63. The number of carbonyl (C=O) groups is 1. The molecular formula is C22H20N2O4S. The summed E-state index contributed by atoms with van der Waals surface area (Å²) in [7, 11) is -3.55. The van der Waals surface area contributed by atoms with Crippen molar-refractivity contribution < 1.29 is 17.6 Å². The highest BCUT2D eigenvalue weighted by molar-refractivity contribution is 7.89. The third-order valence-electron chi connectivity index (χ3n) is 4.77. The largest absolute Gasteiger partial charge is 0.465 e. The topological polar surface area (TPSA) is 79.6 Å². The van der Waals surface area contributed by atoms with Crippen molar-refractivity contribution >= 4 is 27.7 Å². The van der Waals surface area contributed by atoms with Gasteiger partial charge >= 0.3 is 0 Å². The molecule has 4 rings (SSSR count). The first-order valence-corrected chi connectivity index (χ1v) is 10.7. The van der Waals surface area contributed by atoms with Crippen LogP contribution in [0.25, 0.3) is 6.08 Å². The number of nitrogens with zero attached hydrogens (tertiary/aromatic N) is 1. The maximum Gasteiger partial charge on any atom is 0.248 e. The second kappa shape index (κ2) is 8.06. The number of anilines is 1. The van der Waals surface area contributed by atoms with E-state index in [1.807, 2.05) is 18.2 Å². The predicted octanol–water partition coefficient (Wildman–Crippen LogP) is 3.68. The molecule has 0 saturated heterocycles. The van der Waals surface area contributed by atoms with Gasteiger partial charge in [0.05, 0.1) is 11.2 Å². The van der Waals surface area contributed by atoms with Crippen molar-refractivity contribution in [2.75, 3.05) is 11.9 Å². The average molecular weight is 408 g/mol. The Balaban J connectivity index is 1.49. The molecule has 7 heteroatoms. The molecular weight excluding hydrogens is 388 g/mol. The molecule has 6 nitrogen and oxygen atoms in total. The molecule has 0 spiro atoms. The third kappa shape index (κ3) is 4.31. The summed E-state index contributed by atoms with van der Waals surface area (Å²) in [5.74, 6) is 0.304. The summed E-state index contributed by atoms with van der Waals surface area (Å²) in [5, 5.41) is 2.80. The van der Waals surface area contributed by atoms with E-state index < -0.39 is 10.0 Å². The van der Waals surface area contributed by atoms with Gasteiger partial charge < -0.3 is 9.73 Å². The van der Waals surface area contributed by atoms with Crippen molar-refractivity contribution in [2.45, 2.75) is 17.9 Å². The molecule has 1 N–H and O–H groups in total. The Kier molecular flexibility index (Phi) is 5.33. The van der Waals surface area contributed by atoms with E-state index in [-0.39, 0.29) is 17.3 Å². The maximum absolute atomic E-state index is 12.9. The quantitative estimate of drug-likeness (QED) is 0.653. The zero-order chi connectivity index (χ0) is 20.3. The number of rotatable bonds is 5. The van der Waals surface area contributed by atoms with Gasteiger partial charge in [-0.1, -0.05) is 24.3 Å². The van der Waals surface area contributed by atoms with Gasteiger partial charge in [0.1, 0.15) is 5.76 Å². The van der Waals surface area contributed by atoms with E-state index in [9.17, 15) is 13.2 Å². The van der Waals surface area contributed by atoms with Gasteiger partial charge in [-0.15, -0.1) is 0 Å². The predicted molar refractivity (Wildman–Crippen MR) is 111 cm³/mol. The molecule has 3 aromatic rings. The first-order valence-electron chi connectivity index (χ1n) is 9.22. The Bertz CT molecular complexity index is 1140. The Morgan fingerprint density at radius 2 is 1.86 bits per heavy atom. The van der Waals surface area contributed by atoms with Gasteiger partial charge in [0.2, 0.25) is 15.9 Å². The van der Waals surface area contributed by atoms with Gasteiger partial charge in [0.15, 0.2) is 0 Å². The second-order valence-corrected chi connectivity index (χ2v) is 8.66. The Morgan fingerprint density at radius 3 is 2.62 bits per heavy atom. The van der Waals surface area contributed by atoms with Crippen LogP contribution in [-0.4, -0.2) is 25.2 Å². The highest BCUT2D eigenvalue weighted by Gasteiger charge is 2.28. The van der Waals surface area contributed by atoms with Crippen molar-refractivity contribution in [2.24, 2.45) is 0 Å². The van der Waals surface area contributed by atoms with Crippen molar-refractivity contribution in [1.29, 1.82) is 0 Å². The fourth-order valence-electron chi connectivity index (χ4n) is 3.28. The Morgan fingerprint density at radius 1 is 1.03 bits per heavy atom. The number of fused-ring (bicyclic) bond motifs is 1. The van der Waals surface area contributed by atoms with Crippen LogP contribution < -0.4 is 5.32 Å². The lowest BCUT2D eigenvalue weighted by molar-refractivity contribution is -0.111.